The van der Waals surface area contributed by atoms with Crippen molar-refractivity contribution in [3.63, 3.8) is 0 Å². The maximum Gasteiger partial charge on any atom is 0.269 e. The van der Waals surface area contributed by atoms with Crippen LogP contribution in [-0.2, 0) is 0 Å². The summed E-state index contributed by atoms with van der Waals surface area (Å²) in [4.78, 5) is 36.9. The Bertz CT molecular complexity index is 1170. The fourth-order valence-electron chi connectivity index (χ4n) is 3.84. The second-order valence-corrected chi connectivity index (χ2v) is 7.38. The SMILES string of the molecule is Cc1nc2ccc(C(C)N3CCN(c4ccc(C=O)nc4F)CC3)c(F)c2[nH]c1=O. The molecule has 1 N–H and O–H groups in total. The minimum atomic E-state index is -0.673. The fourth-order valence-corrected chi connectivity index (χ4v) is 3.84. The molecule has 0 saturated carbocycles. The lowest BCUT2D eigenvalue weighted by Crippen LogP contribution is -2.47. The number of nitrogens with zero attached hydrogens (tertiary/aromatic N) is 4. The van der Waals surface area contributed by atoms with Crippen molar-refractivity contribution in [2.75, 3.05) is 31.1 Å². The zero-order chi connectivity index (χ0) is 21.4. The van der Waals surface area contributed by atoms with Gasteiger partial charge in [-0.25, -0.2) is 14.4 Å². The second kappa shape index (κ2) is 7.91. The Morgan fingerprint density at radius 3 is 2.50 bits per heavy atom. The number of benzene rings is 1. The van der Waals surface area contributed by atoms with E-state index in [0.29, 0.717) is 54.9 Å². The average molecular weight is 413 g/mol. The van der Waals surface area contributed by atoms with Crippen LogP contribution in [0.15, 0.2) is 29.1 Å². The Kier molecular flexibility index (Phi) is 5.29. The molecular formula is C21H21F2N5O2. The van der Waals surface area contributed by atoms with E-state index in [0.717, 1.165) is 0 Å². The molecule has 9 heteroatoms. The first kappa shape index (κ1) is 20.1. The molecule has 1 saturated heterocycles. The summed E-state index contributed by atoms with van der Waals surface area (Å²) < 4.78 is 29.3. The summed E-state index contributed by atoms with van der Waals surface area (Å²) in [6, 6.07) is 6.21. The van der Waals surface area contributed by atoms with Crippen LogP contribution in [0.25, 0.3) is 11.0 Å². The molecule has 156 valence electrons. The van der Waals surface area contributed by atoms with Gasteiger partial charge in [0.05, 0.1) is 11.2 Å². The van der Waals surface area contributed by atoms with E-state index in [9.17, 15) is 14.0 Å². The molecule has 3 aromatic rings. The summed E-state index contributed by atoms with van der Waals surface area (Å²) in [5, 5.41) is 0. The Hall–Kier alpha value is -3.20. The highest BCUT2D eigenvalue weighted by Gasteiger charge is 2.26. The van der Waals surface area contributed by atoms with E-state index in [1.807, 2.05) is 11.8 Å². The summed E-state index contributed by atoms with van der Waals surface area (Å²) >= 11 is 0. The topological polar surface area (TPSA) is 82.2 Å². The van der Waals surface area contributed by atoms with E-state index < -0.39 is 17.3 Å². The number of hydrogen-bond donors (Lipinski definition) is 1. The minimum Gasteiger partial charge on any atom is -0.365 e. The predicted molar refractivity (Wildman–Crippen MR) is 109 cm³/mol. The Labute approximate surface area is 171 Å². The lowest BCUT2D eigenvalue weighted by Gasteiger charge is -2.39. The molecule has 1 aromatic carbocycles. The number of carbonyl (C=O) groups is 1. The van der Waals surface area contributed by atoms with E-state index in [4.69, 9.17) is 0 Å². The van der Waals surface area contributed by atoms with Gasteiger partial charge >= 0.3 is 0 Å². The van der Waals surface area contributed by atoms with Crippen LogP contribution >= 0.6 is 0 Å². The zero-order valence-electron chi connectivity index (χ0n) is 16.7. The fraction of sp³-hybridized carbons (Fsp3) is 0.333. The molecule has 7 nitrogen and oxygen atoms in total. The van der Waals surface area contributed by atoms with Crippen LogP contribution < -0.4 is 10.5 Å². The largest absolute Gasteiger partial charge is 0.365 e. The monoisotopic (exact) mass is 413 g/mol. The molecule has 3 heterocycles. The average Bonchev–Trinajstić information content (AvgIpc) is 2.75. The highest BCUT2D eigenvalue weighted by atomic mass is 19.1. The standard InChI is InChI=1S/C21H21F2N5O2/c1-12-21(30)26-19-16(24-12)5-4-15(18(19)22)13(2)27-7-9-28(10-8-27)17-6-3-14(11-29)25-20(17)23/h3-6,11,13H,7-10H2,1-2H3,(H,26,30). The molecule has 1 fully saturated rings. The first-order chi connectivity index (χ1) is 14.4. The number of pyridine rings is 1. The van der Waals surface area contributed by atoms with Crippen LogP contribution in [0.1, 0.15) is 34.7 Å². The number of anilines is 1. The molecule has 0 aliphatic carbocycles. The number of nitrogens with one attached hydrogen (secondary N) is 1. The molecule has 0 amide bonds. The molecule has 1 aliphatic rings. The number of aryl methyl sites for hydroxylation is 1. The van der Waals surface area contributed by atoms with E-state index in [1.165, 1.54) is 6.07 Å². The third-order valence-corrected chi connectivity index (χ3v) is 5.63. The first-order valence-electron chi connectivity index (χ1n) is 9.69. The lowest BCUT2D eigenvalue weighted by atomic mass is 10.0. The number of fused-ring (bicyclic) bond motifs is 1. The van der Waals surface area contributed by atoms with Crippen LogP contribution in [-0.4, -0.2) is 52.3 Å². The van der Waals surface area contributed by atoms with Crippen LogP contribution in [0.3, 0.4) is 0 Å². The number of halogens is 2. The Balaban J connectivity index is 1.52. The molecule has 1 unspecified atom stereocenters. The minimum absolute atomic E-state index is 0.0537. The molecule has 0 spiro atoms. The van der Waals surface area contributed by atoms with Gasteiger partial charge in [0.2, 0.25) is 5.95 Å². The van der Waals surface area contributed by atoms with Gasteiger partial charge in [0.25, 0.3) is 5.56 Å². The highest BCUT2D eigenvalue weighted by Crippen LogP contribution is 2.28. The summed E-state index contributed by atoms with van der Waals surface area (Å²) in [7, 11) is 0. The first-order valence-corrected chi connectivity index (χ1v) is 9.69. The van der Waals surface area contributed by atoms with Gasteiger partial charge in [-0.15, -0.1) is 0 Å². The number of aromatic nitrogens is 3. The molecule has 30 heavy (non-hydrogen) atoms. The van der Waals surface area contributed by atoms with E-state index >= 15 is 4.39 Å². The third-order valence-electron chi connectivity index (χ3n) is 5.63. The normalized spacial score (nSPS) is 16.1. The van der Waals surface area contributed by atoms with Crippen molar-refractivity contribution < 1.29 is 13.6 Å². The molecule has 0 bridgehead atoms. The van der Waals surface area contributed by atoms with Gasteiger partial charge in [0, 0.05) is 37.8 Å². The zero-order valence-corrected chi connectivity index (χ0v) is 16.7. The van der Waals surface area contributed by atoms with Gasteiger partial charge in [-0.05, 0) is 32.0 Å². The van der Waals surface area contributed by atoms with E-state index in [2.05, 4.69) is 19.9 Å². The maximum atomic E-state index is 15.1. The molecule has 2 aromatic heterocycles. The summed E-state index contributed by atoms with van der Waals surface area (Å²) in [5.41, 5.74) is 1.28. The number of aldehydes is 1. The van der Waals surface area contributed by atoms with Gasteiger partial charge < -0.3 is 9.88 Å². The highest BCUT2D eigenvalue weighted by molar-refractivity contribution is 5.76. The van der Waals surface area contributed by atoms with Gasteiger partial charge in [-0.2, -0.15) is 4.39 Å². The quantitative estimate of drug-likeness (QED) is 0.523. The predicted octanol–water partition coefficient (Wildman–Crippen LogP) is 2.60. The molecule has 0 radical (unpaired) electrons. The maximum absolute atomic E-state index is 15.1. The Morgan fingerprint density at radius 2 is 1.83 bits per heavy atom. The van der Waals surface area contributed by atoms with Crippen LogP contribution in [0.5, 0.6) is 0 Å². The number of aromatic amines is 1. The van der Waals surface area contributed by atoms with Crippen molar-refractivity contribution in [1.29, 1.82) is 0 Å². The van der Waals surface area contributed by atoms with Crippen LogP contribution in [0.2, 0.25) is 0 Å². The molecule has 1 atom stereocenters. The van der Waals surface area contributed by atoms with Crippen molar-refractivity contribution in [2.24, 2.45) is 0 Å². The Morgan fingerprint density at radius 1 is 1.10 bits per heavy atom. The summed E-state index contributed by atoms with van der Waals surface area (Å²) in [6.45, 7) is 5.75. The summed E-state index contributed by atoms with van der Waals surface area (Å²) in [6.07, 6.45) is 0.509. The van der Waals surface area contributed by atoms with Crippen molar-refractivity contribution in [3.8, 4) is 0 Å². The smallest absolute Gasteiger partial charge is 0.269 e. The summed E-state index contributed by atoms with van der Waals surface area (Å²) in [5.74, 6) is -1.15. The van der Waals surface area contributed by atoms with Crippen molar-refractivity contribution >= 4 is 23.0 Å². The second-order valence-electron chi connectivity index (χ2n) is 7.38. The van der Waals surface area contributed by atoms with Crippen LogP contribution in [0.4, 0.5) is 14.5 Å². The van der Waals surface area contributed by atoms with Crippen molar-refractivity contribution in [1.82, 2.24) is 19.9 Å². The van der Waals surface area contributed by atoms with Crippen molar-refractivity contribution in [3.05, 3.63) is 63.3 Å². The van der Waals surface area contributed by atoms with Gasteiger partial charge in [-0.3, -0.25) is 14.5 Å². The number of piperazine rings is 1. The van der Waals surface area contributed by atoms with Gasteiger partial charge in [0.1, 0.15) is 16.9 Å². The van der Waals surface area contributed by atoms with Gasteiger partial charge in [0.15, 0.2) is 12.1 Å². The van der Waals surface area contributed by atoms with Gasteiger partial charge in [-0.1, -0.05) is 6.07 Å². The molecular weight excluding hydrogens is 392 g/mol. The van der Waals surface area contributed by atoms with Crippen LogP contribution in [0, 0.1) is 18.7 Å². The lowest BCUT2D eigenvalue weighted by molar-refractivity contribution is 0.111. The third kappa shape index (κ3) is 3.56. The number of H-pyrrole nitrogens is 1. The number of hydrogen-bond acceptors (Lipinski definition) is 6. The number of rotatable bonds is 4. The molecule has 1 aliphatic heterocycles. The number of carbonyl (C=O) groups excluding carboxylic acids is 1. The molecule has 4 rings (SSSR count). The van der Waals surface area contributed by atoms with E-state index in [1.54, 1.807) is 25.1 Å². The van der Waals surface area contributed by atoms with Crippen molar-refractivity contribution in [2.45, 2.75) is 19.9 Å². The van der Waals surface area contributed by atoms with E-state index in [-0.39, 0.29) is 17.3 Å².